The van der Waals surface area contributed by atoms with Gasteiger partial charge >= 0.3 is 0 Å². The Morgan fingerprint density at radius 3 is 2.24 bits per heavy atom. The highest BCUT2D eigenvalue weighted by Gasteiger charge is 2.17. The van der Waals surface area contributed by atoms with Crippen molar-refractivity contribution >= 4 is 34.8 Å². The van der Waals surface area contributed by atoms with E-state index in [0.717, 1.165) is 87.9 Å². The highest BCUT2D eigenvalue weighted by molar-refractivity contribution is 5.93. The predicted molar refractivity (Wildman–Crippen MR) is 151 cm³/mol. The van der Waals surface area contributed by atoms with Crippen LogP contribution < -0.4 is 19.7 Å². The van der Waals surface area contributed by atoms with Crippen LogP contribution in [0.5, 0.6) is 11.5 Å². The second-order valence-electron chi connectivity index (χ2n) is 9.34. The Balaban J connectivity index is 0.00000320. The third-order valence-corrected chi connectivity index (χ3v) is 7.02. The molecular weight excluding hydrogens is 492 g/mol. The lowest BCUT2D eigenvalue weighted by Crippen LogP contribution is -2.44. The molecule has 0 bridgehead atoms. The molecule has 0 spiro atoms. The first-order chi connectivity index (χ1) is 17.6. The van der Waals surface area contributed by atoms with Crippen LogP contribution in [0.3, 0.4) is 0 Å². The minimum Gasteiger partial charge on any atom is -0.493 e. The quantitative estimate of drug-likeness (QED) is 0.474. The summed E-state index contributed by atoms with van der Waals surface area (Å²) >= 11 is 0. The molecule has 2 fully saturated rings. The monoisotopic (exact) mass is 528 g/mol. The lowest BCUT2D eigenvalue weighted by molar-refractivity contribution is 0.0398. The zero-order valence-electron chi connectivity index (χ0n) is 21.9. The van der Waals surface area contributed by atoms with Gasteiger partial charge in [0.2, 0.25) is 0 Å². The summed E-state index contributed by atoms with van der Waals surface area (Å²) in [4.78, 5) is 17.1. The fraction of sp³-hybridized carbons (Fsp3) is 0.481. The molecule has 2 saturated heterocycles. The lowest BCUT2D eigenvalue weighted by atomic mass is 10.1. The number of nitrogens with zero attached hydrogens (tertiary/aromatic N) is 5. The Morgan fingerprint density at radius 1 is 0.892 bits per heavy atom. The van der Waals surface area contributed by atoms with Crippen LogP contribution in [0.15, 0.2) is 36.4 Å². The number of fused-ring (bicyclic) bond motifs is 1. The largest absolute Gasteiger partial charge is 0.493 e. The fourth-order valence-corrected chi connectivity index (χ4v) is 4.76. The van der Waals surface area contributed by atoms with Crippen molar-refractivity contribution in [1.82, 2.24) is 19.8 Å². The number of morpholine rings is 1. The Labute approximate surface area is 225 Å². The van der Waals surface area contributed by atoms with Crippen molar-refractivity contribution < 1.29 is 14.2 Å². The standard InChI is InChI=1S/C27H36N6O3.ClH/c1-31-10-12-33(13-11-31)21-6-4-20(5-7-21)26-29-23-19-25(35-3)24(34-2)18-22(23)27(30-26)28-8-9-32-14-16-36-17-15-32;/h4-7,18-19H,8-17H2,1-3H3,(H,28,29,30);1H. The molecule has 10 heteroatoms. The third-order valence-electron chi connectivity index (χ3n) is 7.02. The Morgan fingerprint density at radius 2 is 1.57 bits per heavy atom. The second-order valence-corrected chi connectivity index (χ2v) is 9.34. The summed E-state index contributed by atoms with van der Waals surface area (Å²) in [6.45, 7) is 9.47. The van der Waals surface area contributed by atoms with Crippen molar-refractivity contribution in [1.29, 1.82) is 0 Å². The van der Waals surface area contributed by atoms with E-state index in [1.807, 2.05) is 12.1 Å². The van der Waals surface area contributed by atoms with Crippen molar-refractivity contribution in [2.75, 3.05) is 97.1 Å². The van der Waals surface area contributed by atoms with Gasteiger partial charge in [0.05, 0.1) is 33.0 Å². The molecule has 9 nitrogen and oxygen atoms in total. The lowest BCUT2D eigenvalue weighted by Gasteiger charge is -2.34. The number of benzene rings is 2. The number of methoxy groups -OCH3 is 2. The Kier molecular flexibility index (Phi) is 9.26. The number of hydrogen-bond donors (Lipinski definition) is 1. The highest BCUT2D eigenvalue weighted by Crippen LogP contribution is 2.35. The van der Waals surface area contributed by atoms with Gasteiger partial charge in [0.25, 0.3) is 0 Å². The number of hydrogen-bond acceptors (Lipinski definition) is 9. The van der Waals surface area contributed by atoms with Crippen LogP contribution in [0.2, 0.25) is 0 Å². The average Bonchev–Trinajstić information content (AvgIpc) is 2.93. The molecule has 3 heterocycles. The van der Waals surface area contributed by atoms with E-state index in [9.17, 15) is 0 Å². The minimum absolute atomic E-state index is 0. The van der Waals surface area contributed by atoms with Crippen LogP contribution in [0.4, 0.5) is 11.5 Å². The summed E-state index contributed by atoms with van der Waals surface area (Å²) in [6.07, 6.45) is 0. The van der Waals surface area contributed by atoms with E-state index in [1.54, 1.807) is 14.2 Å². The van der Waals surface area contributed by atoms with Crippen molar-refractivity contribution in [3.05, 3.63) is 36.4 Å². The number of rotatable bonds is 8. The van der Waals surface area contributed by atoms with Gasteiger partial charge < -0.3 is 29.3 Å². The van der Waals surface area contributed by atoms with Gasteiger partial charge in [-0.2, -0.15) is 0 Å². The normalized spacial score (nSPS) is 16.9. The topological polar surface area (TPSA) is 75.2 Å². The fourth-order valence-electron chi connectivity index (χ4n) is 4.76. The number of halogens is 1. The van der Waals surface area contributed by atoms with Gasteiger partial charge in [0.1, 0.15) is 5.82 Å². The maximum Gasteiger partial charge on any atom is 0.162 e. The number of anilines is 2. The molecule has 0 amide bonds. The van der Waals surface area contributed by atoms with E-state index in [2.05, 4.69) is 51.3 Å². The molecule has 0 saturated carbocycles. The molecule has 0 aliphatic carbocycles. The van der Waals surface area contributed by atoms with Gasteiger partial charge in [-0.05, 0) is 37.4 Å². The van der Waals surface area contributed by atoms with E-state index in [1.165, 1.54) is 5.69 Å². The summed E-state index contributed by atoms with van der Waals surface area (Å²) in [5, 5.41) is 4.47. The number of aromatic nitrogens is 2. The van der Waals surface area contributed by atoms with Crippen molar-refractivity contribution in [3.8, 4) is 22.9 Å². The minimum atomic E-state index is 0. The van der Waals surface area contributed by atoms with Gasteiger partial charge in [-0.3, -0.25) is 4.90 Å². The zero-order valence-corrected chi connectivity index (χ0v) is 22.7. The first-order valence-electron chi connectivity index (χ1n) is 12.7. The molecule has 1 N–H and O–H groups in total. The molecule has 1 aromatic heterocycles. The van der Waals surface area contributed by atoms with Gasteiger partial charge in [-0.15, -0.1) is 12.4 Å². The number of nitrogens with one attached hydrogen (secondary N) is 1. The smallest absolute Gasteiger partial charge is 0.162 e. The van der Waals surface area contributed by atoms with Crippen LogP contribution in [0.1, 0.15) is 0 Å². The molecule has 2 aliphatic heterocycles. The van der Waals surface area contributed by atoms with Crippen molar-refractivity contribution in [2.45, 2.75) is 0 Å². The van der Waals surface area contributed by atoms with E-state index in [-0.39, 0.29) is 12.4 Å². The molecule has 0 radical (unpaired) electrons. The maximum absolute atomic E-state index is 5.55. The van der Waals surface area contributed by atoms with E-state index < -0.39 is 0 Å². The first-order valence-corrected chi connectivity index (χ1v) is 12.7. The summed E-state index contributed by atoms with van der Waals surface area (Å²) in [5.74, 6) is 2.80. The van der Waals surface area contributed by atoms with Crippen LogP contribution in [0.25, 0.3) is 22.3 Å². The number of ether oxygens (including phenoxy) is 3. The van der Waals surface area contributed by atoms with Crippen molar-refractivity contribution in [2.24, 2.45) is 0 Å². The molecule has 5 rings (SSSR count). The predicted octanol–water partition coefficient (Wildman–Crippen LogP) is 3.23. The molecule has 2 aliphatic rings. The second kappa shape index (κ2) is 12.6. The molecule has 37 heavy (non-hydrogen) atoms. The van der Waals surface area contributed by atoms with Gasteiger partial charge in [-0.1, -0.05) is 0 Å². The molecule has 2 aromatic carbocycles. The summed E-state index contributed by atoms with van der Waals surface area (Å²) < 4.78 is 16.6. The van der Waals surface area contributed by atoms with Crippen LogP contribution in [-0.2, 0) is 4.74 Å². The Hall–Kier alpha value is -2.85. The average molecular weight is 529 g/mol. The molecule has 0 atom stereocenters. The number of likely N-dealkylation sites (N-methyl/N-ethyl adjacent to an activating group) is 1. The van der Waals surface area contributed by atoms with E-state index in [4.69, 9.17) is 24.2 Å². The van der Waals surface area contributed by atoms with Crippen molar-refractivity contribution in [3.63, 3.8) is 0 Å². The maximum atomic E-state index is 5.55. The van der Waals surface area contributed by atoms with Gasteiger partial charge in [0, 0.05) is 75.1 Å². The van der Waals surface area contributed by atoms with Crippen LogP contribution in [-0.4, -0.2) is 107 Å². The van der Waals surface area contributed by atoms with Gasteiger partial charge in [-0.25, -0.2) is 9.97 Å². The summed E-state index contributed by atoms with van der Waals surface area (Å²) in [7, 11) is 5.46. The molecule has 200 valence electrons. The van der Waals surface area contributed by atoms with Gasteiger partial charge in [0.15, 0.2) is 17.3 Å². The molecular formula is C27H37ClN6O3. The molecule has 0 unspecified atom stereocenters. The first kappa shape index (κ1) is 27.2. The third kappa shape index (κ3) is 6.35. The number of piperazine rings is 1. The zero-order chi connectivity index (χ0) is 24.9. The molecule has 3 aromatic rings. The summed E-state index contributed by atoms with van der Waals surface area (Å²) in [6, 6.07) is 12.5. The summed E-state index contributed by atoms with van der Waals surface area (Å²) in [5.41, 5.74) is 3.04. The Bertz CT molecular complexity index is 1170. The SMILES string of the molecule is COc1cc2nc(-c3ccc(N4CCN(C)CC4)cc3)nc(NCCN3CCOCC3)c2cc1OC.Cl. The van der Waals surface area contributed by atoms with E-state index >= 15 is 0 Å². The highest BCUT2D eigenvalue weighted by atomic mass is 35.5. The van der Waals surface area contributed by atoms with Crippen LogP contribution in [0, 0.1) is 0 Å². The van der Waals surface area contributed by atoms with Crippen LogP contribution >= 0.6 is 12.4 Å². The van der Waals surface area contributed by atoms with E-state index in [0.29, 0.717) is 17.3 Å².